The van der Waals surface area contributed by atoms with Crippen LogP contribution in [0, 0.1) is 6.92 Å². The van der Waals surface area contributed by atoms with Crippen LogP contribution in [0.5, 0.6) is 0 Å². The number of ether oxygens (including phenoxy) is 1. The minimum atomic E-state index is -0.590. The van der Waals surface area contributed by atoms with Crippen LogP contribution >= 0.6 is 11.3 Å². The highest BCUT2D eigenvalue weighted by molar-refractivity contribution is 7.18. The van der Waals surface area contributed by atoms with Gasteiger partial charge in [-0.25, -0.2) is 4.79 Å². The van der Waals surface area contributed by atoms with E-state index in [0.717, 1.165) is 16.9 Å². The first kappa shape index (κ1) is 18.7. The van der Waals surface area contributed by atoms with Gasteiger partial charge in [0.15, 0.2) is 0 Å². The maximum absolute atomic E-state index is 12.6. The van der Waals surface area contributed by atoms with E-state index in [1.54, 1.807) is 6.92 Å². The van der Waals surface area contributed by atoms with Crippen LogP contribution in [-0.2, 0) is 9.53 Å². The highest BCUT2D eigenvalue weighted by Crippen LogP contribution is 2.34. The lowest BCUT2D eigenvalue weighted by Gasteiger charge is -2.14. The van der Waals surface area contributed by atoms with Crippen LogP contribution in [0.4, 0.5) is 5.00 Å². The first-order chi connectivity index (χ1) is 11.8. The molecule has 0 aliphatic carbocycles. The number of amides is 2. The van der Waals surface area contributed by atoms with Crippen molar-refractivity contribution < 1.29 is 19.1 Å². The van der Waals surface area contributed by atoms with Crippen molar-refractivity contribution in [2.75, 3.05) is 12.4 Å². The van der Waals surface area contributed by atoms with Crippen molar-refractivity contribution in [3.05, 3.63) is 51.9 Å². The number of carbonyl (C=O) groups excluding carboxylic acids is 3. The van der Waals surface area contributed by atoms with E-state index in [9.17, 15) is 14.4 Å². The van der Waals surface area contributed by atoms with Gasteiger partial charge >= 0.3 is 5.97 Å². The Morgan fingerprint density at radius 2 is 1.80 bits per heavy atom. The molecule has 0 aliphatic rings. The molecule has 0 spiro atoms. The molecule has 0 aliphatic heterocycles. The predicted molar refractivity (Wildman–Crippen MR) is 97.0 cm³/mol. The number of benzene rings is 1. The van der Waals surface area contributed by atoms with Crippen LogP contribution in [0.15, 0.2) is 30.3 Å². The number of rotatable bonds is 5. The summed E-state index contributed by atoms with van der Waals surface area (Å²) in [6.07, 6.45) is 0. The van der Waals surface area contributed by atoms with Crippen molar-refractivity contribution in [2.45, 2.75) is 26.8 Å². The van der Waals surface area contributed by atoms with Gasteiger partial charge in [-0.3, -0.25) is 9.59 Å². The fourth-order valence-electron chi connectivity index (χ4n) is 2.41. The summed E-state index contributed by atoms with van der Waals surface area (Å²) >= 11 is 1.06. The molecule has 1 unspecified atom stereocenters. The van der Waals surface area contributed by atoms with Gasteiger partial charge in [-0.15, -0.1) is 11.3 Å². The molecule has 1 aromatic heterocycles. The predicted octanol–water partition coefficient (Wildman–Crippen LogP) is 3.29. The second-order valence-corrected chi connectivity index (χ2v) is 6.56. The van der Waals surface area contributed by atoms with Crippen LogP contribution in [0.1, 0.15) is 51.0 Å². The van der Waals surface area contributed by atoms with E-state index in [2.05, 4.69) is 10.6 Å². The second-order valence-electron chi connectivity index (χ2n) is 5.54. The molecule has 2 rings (SSSR count). The van der Waals surface area contributed by atoms with Gasteiger partial charge in [0.1, 0.15) is 5.00 Å². The van der Waals surface area contributed by atoms with Crippen LogP contribution in [0.3, 0.4) is 0 Å². The molecule has 0 bridgehead atoms. The molecule has 0 saturated carbocycles. The number of carbonyl (C=O) groups is 3. The Balaban J connectivity index is 2.31. The van der Waals surface area contributed by atoms with E-state index in [1.165, 1.54) is 14.0 Å². The lowest BCUT2D eigenvalue weighted by Crippen LogP contribution is -2.26. The average Bonchev–Trinajstić information content (AvgIpc) is 2.90. The summed E-state index contributed by atoms with van der Waals surface area (Å²) in [5.74, 6) is -1.22. The molecule has 2 aromatic rings. The van der Waals surface area contributed by atoms with E-state index < -0.39 is 5.97 Å². The summed E-state index contributed by atoms with van der Waals surface area (Å²) in [4.78, 5) is 36.4. The molecular formula is C18H20N2O4S. The smallest absolute Gasteiger partial charge is 0.341 e. The fourth-order valence-corrected chi connectivity index (χ4v) is 3.56. The maximum Gasteiger partial charge on any atom is 0.341 e. The number of hydrogen-bond donors (Lipinski definition) is 2. The van der Waals surface area contributed by atoms with Crippen molar-refractivity contribution >= 4 is 34.1 Å². The van der Waals surface area contributed by atoms with E-state index in [0.29, 0.717) is 15.4 Å². The minimum absolute atomic E-state index is 0.194. The fraction of sp³-hybridized carbons (Fsp3) is 0.278. The van der Waals surface area contributed by atoms with Gasteiger partial charge in [-0.2, -0.15) is 0 Å². The number of nitrogens with one attached hydrogen (secondary N) is 2. The topological polar surface area (TPSA) is 84.5 Å². The largest absolute Gasteiger partial charge is 0.465 e. The lowest BCUT2D eigenvalue weighted by atomic mass is 10.1. The zero-order valence-electron chi connectivity index (χ0n) is 14.5. The van der Waals surface area contributed by atoms with E-state index >= 15 is 0 Å². The molecule has 2 amide bonds. The molecular weight excluding hydrogens is 340 g/mol. The standard InChI is InChI=1S/C18H20N2O4S/c1-10-14(18(23)24-4)17(20-12(3)21)25-15(10)16(22)19-11(2)13-8-6-5-7-9-13/h5-9,11H,1-4H3,(H,19,22)(H,20,21). The first-order valence-electron chi connectivity index (χ1n) is 7.70. The zero-order valence-corrected chi connectivity index (χ0v) is 15.3. The third kappa shape index (κ3) is 4.24. The molecule has 0 saturated heterocycles. The molecule has 1 aromatic carbocycles. The zero-order chi connectivity index (χ0) is 18.6. The Labute approximate surface area is 150 Å². The van der Waals surface area contributed by atoms with Crippen LogP contribution in [-0.4, -0.2) is 24.9 Å². The minimum Gasteiger partial charge on any atom is -0.465 e. The number of thiophene rings is 1. The van der Waals surface area contributed by atoms with Crippen molar-refractivity contribution in [3.63, 3.8) is 0 Å². The van der Waals surface area contributed by atoms with Gasteiger partial charge in [-0.05, 0) is 25.0 Å². The average molecular weight is 360 g/mol. The maximum atomic E-state index is 12.6. The summed E-state index contributed by atoms with van der Waals surface area (Å²) in [6.45, 7) is 4.88. The van der Waals surface area contributed by atoms with Crippen LogP contribution in [0.25, 0.3) is 0 Å². The van der Waals surface area contributed by atoms with Gasteiger partial charge < -0.3 is 15.4 Å². The molecule has 132 valence electrons. The normalized spacial score (nSPS) is 11.5. The van der Waals surface area contributed by atoms with E-state index in [1.807, 2.05) is 37.3 Å². The first-order valence-corrected chi connectivity index (χ1v) is 8.51. The summed E-state index contributed by atoms with van der Waals surface area (Å²) in [6, 6.07) is 9.37. The Kier molecular flexibility index (Phi) is 5.93. The van der Waals surface area contributed by atoms with Gasteiger partial charge in [0, 0.05) is 6.92 Å². The van der Waals surface area contributed by atoms with Crippen molar-refractivity contribution in [3.8, 4) is 0 Å². The van der Waals surface area contributed by atoms with Crippen molar-refractivity contribution in [1.82, 2.24) is 5.32 Å². The van der Waals surface area contributed by atoms with E-state index in [-0.39, 0.29) is 23.4 Å². The Morgan fingerprint density at radius 1 is 1.16 bits per heavy atom. The summed E-state index contributed by atoms with van der Waals surface area (Å²) in [5.41, 5.74) is 1.67. The van der Waals surface area contributed by atoms with Crippen molar-refractivity contribution in [2.24, 2.45) is 0 Å². The summed E-state index contributed by atoms with van der Waals surface area (Å²) in [5, 5.41) is 5.81. The van der Waals surface area contributed by atoms with Gasteiger partial charge in [0.05, 0.1) is 23.6 Å². The number of hydrogen-bond acceptors (Lipinski definition) is 5. The van der Waals surface area contributed by atoms with Crippen LogP contribution < -0.4 is 10.6 Å². The number of esters is 1. The Hall–Kier alpha value is -2.67. The number of methoxy groups -OCH3 is 1. The molecule has 1 heterocycles. The third-order valence-electron chi connectivity index (χ3n) is 3.68. The third-order valence-corrected chi connectivity index (χ3v) is 4.89. The van der Waals surface area contributed by atoms with E-state index in [4.69, 9.17) is 4.74 Å². The van der Waals surface area contributed by atoms with Gasteiger partial charge in [0.25, 0.3) is 5.91 Å². The molecule has 7 heteroatoms. The quantitative estimate of drug-likeness (QED) is 0.801. The molecule has 0 fully saturated rings. The summed E-state index contributed by atoms with van der Waals surface area (Å²) < 4.78 is 4.77. The highest BCUT2D eigenvalue weighted by Gasteiger charge is 2.26. The molecule has 1 atom stereocenters. The molecule has 25 heavy (non-hydrogen) atoms. The van der Waals surface area contributed by atoms with Gasteiger partial charge in [0.2, 0.25) is 5.91 Å². The van der Waals surface area contributed by atoms with Crippen LogP contribution in [0.2, 0.25) is 0 Å². The molecule has 2 N–H and O–H groups in total. The molecule has 0 radical (unpaired) electrons. The second kappa shape index (κ2) is 7.94. The lowest BCUT2D eigenvalue weighted by molar-refractivity contribution is -0.114. The highest BCUT2D eigenvalue weighted by atomic mass is 32.1. The Morgan fingerprint density at radius 3 is 2.36 bits per heavy atom. The monoisotopic (exact) mass is 360 g/mol. The Bertz CT molecular complexity index is 799. The van der Waals surface area contributed by atoms with Crippen molar-refractivity contribution in [1.29, 1.82) is 0 Å². The SMILES string of the molecule is COC(=O)c1c(NC(C)=O)sc(C(=O)NC(C)c2ccccc2)c1C. The molecule has 6 nitrogen and oxygen atoms in total. The number of anilines is 1. The van der Waals surface area contributed by atoms with Gasteiger partial charge in [-0.1, -0.05) is 30.3 Å². The summed E-state index contributed by atoms with van der Waals surface area (Å²) in [7, 11) is 1.26.